The molecular weight excluding hydrogens is 324 g/mol. The molecule has 1 aromatic carbocycles. The number of anilines is 1. The van der Waals surface area contributed by atoms with Gasteiger partial charge in [-0.2, -0.15) is 0 Å². The lowest BCUT2D eigenvalue weighted by Crippen LogP contribution is -2.37. The Morgan fingerprint density at radius 3 is 2.85 bits per heavy atom. The van der Waals surface area contributed by atoms with Gasteiger partial charge < -0.3 is 15.8 Å². The second-order valence-electron chi connectivity index (χ2n) is 5.00. The van der Waals surface area contributed by atoms with Crippen molar-refractivity contribution in [2.24, 2.45) is 5.92 Å². The van der Waals surface area contributed by atoms with E-state index in [1.165, 1.54) is 0 Å². The SMILES string of the molecule is CC(NC(=O)COC(=O)c1cc(Br)ccc1N)C1CC1. The van der Waals surface area contributed by atoms with E-state index in [1.54, 1.807) is 18.2 Å². The van der Waals surface area contributed by atoms with E-state index in [9.17, 15) is 9.59 Å². The van der Waals surface area contributed by atoms with E-state index < -0.39 is 5.97 Å². The van der Waals surface area contributed by atoms with Crippen LogP contribution in [0.2, 0.25) is 0 Å². The summed E-state index contributed by atoms with van der Waals surface area (Å²) in [5.74, 6) is -0.320. The minimum atomic E-state index is -0.599. The summed E-state index contributed by atoms with van der Waals surface area (Å²) >= 11 is 3.26. The number of carbonyl (C=O) groups is 2. The van der Waals surface area contributed by atoms with Crippen molar-refractivity contribution in [1.82, 2.24) is 5.32 Å². The summed E-state index contributed by atoms with van der Waals surface area (Å²) in [4.78, 5) is 23.5. The monoisotopic (exact) mass is 340 g/mol. The zero-order chi connectivity index (χ0) is 14.7. The van der Waals surface area contributed by atoms with E-state index in [2.05, 4.69) is 21.2 Å². The number of hydrogen-bond donors (Lipinski definition) is 2. The molecule has 108 valence electrons. The molecule has 1 aliphatic rings. The summed E-state index contributed by atoms with van der Waals surface area (Å²) in [6.45, 7) is 1.67. The number of carbonyl (C=O) groups excluding carboxylic acids is 2. The largest absolute Gasteiger partial charge is 0.452 e. The molecule has 2 rings (SSSR count). The molecule has 0 spiro atoms. The number of nitrogen functional groups attached to an aromatic ring is 1. The van der Waals surface area contributed by atoms with Crippen LogP contribution < -0.4 is 11.1 Å². The topological polar surface area (TPSA) is 81.4 Å². The van der Waals surface area contributed by atoms with Crippen LogP contribution in [0.5, 0.6) is 0 Å². The molecule has 1 aromatic rings. The molecule has 0 saturated heterocycles. The molecule has 6 heteroatoms. The molecule has 1 saturated carbocycles. The van der Waals surface area contributed by atoms with E-state index in [0.717, 1.165) is 17.3 Å². The predicted octanol–water partition coefficient (Wildman–Crippen LogP) is 2.10. The van der Waals surface area contributed by atoms with Crippen LogP contribution in [0.15, 0.2) is 22.7 Å². The van der Waals surface area contributed by atoms with Gasteiger partial charge in [0.05, 0.1) is 5.56 Å². The van der Waals surface area contributed by atoms with E-state index >= 15 is 0 Å². The van der Waals surface area contributed by atoms with Crippen LogP contribution in [-0.2, 0) is 9.53 Å². The van der Waals surface area contributed by atoms with Crippen molar-refractivity contribution in [3.05, 3.63) is 28.2 Å². The van der Waals surface area contributed by atoms with Gasteiger partial charge in [0.25, 0.3) is 5.91 Å². The molecule has 0 radical (unpaired) electrons. The highest BCUT2D eigenvalue weighted by atomic mass is 79.9. The first-order chi connectivity index (χ1) is 9.47. The maximum absolute atomic E-state index is 11.9. The van der Waals surface area contributed by atoms with Crippen LogP contribution in [0.25, 0.3) is 0 Å². The number of benzene rings is 1. The fraction of sp³-hybridized carbons (Fsp3) is 0.429. The van der Waals surface area contributed by atoms with Crippen LogP contribution in [-0.4, -0.2) is 24.5 Å². The Kier molecular flexibility index (Phi) is 4.65. The molecule has 0 bridgehead atoms. The highest BCUT2D eigenvalue weighted by molar-refractivity contribution is 9.10. The minimum absolute atomic E-state index is 0.136. The van der Waals surface area contributed by atoms with Crippen LogP contribution in [0.3, 0.4) is 0 Å². The molecule has 0 aromatic heterocycles. The van der Waals surface area contributed by atoms with Gasteiger partial charge in [0, 0.05) is 16.2 Å². The number of nitrogens with one attached hydrogen (secondary N) is 1. The average molecular weight is 341 g/mol. The quantitative estimate of drug-likeness (QED) is 0.635. The maximum Gasteiger partial charge on any atom is 0.340 e. The minimum Gasteiger partial charge on any atom is -0.452 e. The fourth-order valence-electron chi connectivity index (χ4n) is 1.92. The molecule has 3 N–H and O–H groups in total. The molecule has 0 heterocycles. The summed E-state index contributed by atoms with van der Waals surface area (Å²) in [7, 11) is 0. The number of nitrogens with two attached hydrogens (primary N) is 1. The van der Waals surface area contributed by atoms with Crippen molar-refractivity contribution in [3.63, 3.8) is 0 Å². The smallest absolute Gasteiger partial charge is 0.340 e. The van der Waals surface area contributed by atoms with Gasteiger partial charge in [0.2, 0.25) is 0 Å². The number of esters is 1. The van der Waals surface area contributed by atoms with Gasteiger partial charge in [0.1, 0.15) is 0 Å². The van der Waals surface area contributed by atoms with E-state index in [4.69, 9.17) is 10.5 Å². The van der Waals surface area contributed by atoms with Gasteiger partial charge in [0.15, 0.2) is 6.61 Å². The summed E-state index contributed by atoms with van der Waals surface area (Å²) < 4.78 is 5.70. The number of ether oxygens (including phenoxy) is 1. The lowest BCUT2D eigenvalue weighted by molar-refractivity contribution is -0.124. The van der Waals surface area contributed by atoms with Gasteiger partial charge in [-0.1, -0.05) is 15.9 Å². The second kappa shape index (κ2) is 6.26. The van der Waals surface area contributed by atoms with E-state index in [0.29, 0.717) is 11.6 Å². The van der Waals surface area contributed by atoms with Crippen LogP contribution in [0.1, 0.15) is 30.1 Å². The molecule has 1 unspecified atom stereocenters. The van der Waals surface area contributed by atoms with Crippen LogP contribution in [0, 0.1) is 5.92 Å². The Balaban J connectivity index is 1.85. The molecule has 1 amide bonds. The molecule has 1 fully saturated rings. The van der Waals surface area contributed by atoms with Crippen molar-refractivity contribution in [2.45, 2.75) is 25.8 Å². The molecule has 0 aliphatic heterocycles. The Morgan fingerprint density at radius 2 is 2.20 bits per heavy atom. The van der Waals surface area contributed by atoms with Gasteiger partial charge in [-0.25, -0.2) is 4.79 Å². The molecule has 1 aliphatic carbocycles. The van der Waals surface area contributed by atoms with E-state index in [1.807, 2.05) is 6.92 Å². The predicted molar refractivity (Wildman–Crippen MR) is 79.2 cm³/mol. The third-order valence-electron chi connectivity index (χ3n) is 3.29. The Bertz CT molecular complexity index is 529. The molecular formula is C14H17BrN2O3. The zero-order valence-electron chi connectivity index (χ0n) is 11.2. The lowest BCUT2D eigenvalue weighted by Gasteiger charge is -2.13. The van der Waals surface area contributed by atoms with Crippen molar-refractivity contribution in [2.75, 3.05) is 12.3 Å². The molecule has 5 nitrogen and oxygen atoms in total. The standard InChI is InChI=1S/C14H17BrN2O3/c1-8(9-2-3-9)17-13(18)7-20-14(19)11-6-10(15)4-5-12(11)16/h4-6,8-9H,2-3,7,16H2,1H3,(H,17,18). The van der Waals surface area contributed by atoms with Gasteiger partial charge >= 0.3 is 5.97 Å². The van der Waals surface area contributed by atoms with Gasteiger partial charge in [-0.05, 0) is 43.9 Å². The first-order valence-electron chi connectivity index (χ1n) is 6.49. The summed E-state index contributed by atoms with van der Waals surface area (Å²) in [5.41, 5.74) is 6.28. The third kappa shape index (κ3) is 3.96. The number of amides is 1. The normalized spacial score (nSPS) is 15.5. The first kappa shape index (κ1) is 14.8. The number of hydrogen-bond acceptors (Lipinski definition) is 4. The Hall–Kier alpha value is -1.56. The lowest BCUT2D eigenvalue weighted by atomic mass is 10.2. The van der Waals surface area contributed by atoms with Crippen molar-refractivity contribution in [3.8, 4) is 0 Å². The Labute approximate surface area is 126 Å². The number of rotatable bonds is 5. The Morgan fingerprint density at radius 1 is 1.50 bits per heavy atom. The first-order valence-corrected chi connectivity index (χ1v) is 7.28. The van der Waals surface area contributed by atoms with Crippen LogP contribution in [0.4, 0.5) is 5.69 Å². The second-order valence-corrected chi connectivity index (χ2v) is 5.92. The third-order valence-corrected chi connectivity index (χ3v) is 3.78. The highest BCUT2D eigenvalue weighted by Crippen LogP contribution is 2.32. The van der Waals surface area contributed by atoms with Crippen molar-refractivity contribution < 1.29 is 14.3 Å². The number of halogens is 1. The van der Waals surface area contributed by atoms with Gasteiger partial charge in [-0.15, -0.1) is 0 Å². The molecule has 1 atom stereocenters. The fourth-order valence-corrected chi connectivity index (χ4v) is 2.28. The highest BCUT2D eigenvalue weighted by Gasteiger charge is 2.29. The summed E-state index contributed by atoms with van der Waals surface area (Å²) in [6, 6.07) is 5.05. The zero-order valence-corrected chi connectivity index (χ0v) is 12.8. The van der Waals surface area contributed by atoms with Crippen molar-refractivity contribution >= 4 is 33.5 Å². The molecule has 20 heavy (non-hydrogen) atoms. The summed E-state index contributed by atoms with van der Waals surface area (Å²) in [5, 5.41) is 2.82. The average Bonchev–Trinajstić information content (AvgIpc) is 3.23. The summed E-state index contributed by atoms with van der Waals surface area (Å²) in [6.07, 6.45) is 2.30. The van der Waals surface area contributed by atoms with Gasteiger partial charge in [-0.3, -0.25) is 4.79 Å². The van der Waals surface area contributed by atoms with E-state index in [-0.39, 0.29) is 24.1 Å². The van der Waals surface area contributed by atoms with Crippen LogP contribution >= 0.6 is 15.9 Å². The van der Waals surface area contributed by atoms with Crippen molar-refractivity contribution in [1.29, 1.82) is 0 Å². The maximum atomic E-state index is 11.9.